The summed E-state index contributed by atoms with van der Waals surface area (Å²) in [6, 6.07) is 7.35. The number of anilines is 1. The minimum absolute atomic E-state index is 0.00317. The third-order valence-electron chi connectivity index (χ3n) is 3.10. The molecule has 2 N–H and O–H groups in total. The van der Waals surface area contributed by atoms with E-state index < -0.39 is 17.9 Å². The summed E-state index contributed by atoms with van der Waals surface area (Å²) in [4.78, 5) is 23.8. The van der Waals surface area contributed by atoms with Crippen LogP contribution in [-0.4, -0.2) is 35.2 Å². The molecule has 0 aliphatic rings. The zero-order valence-corrected chi connectivity index (χ0v) is 11.2. The number of aliphatic carboxylic acids is 2. The van der Waals surface area contributed by atoms with Crippen LogP contribution in [0.5, 0.6) is 0 Å². The van der Waals surface area contributed by atoms with Crippen molar-refractivity contribution in [2.75, 3.05) is 18.0 Å². The van der Waals surface area contributed by atoms with Crippen LogP contribution in [0.2, 0.25) is 0 Å². The van der Waals surface area contributed by atoms with Crippen LogP contribution in [0.15, 0.2) is 24.3 Å². The smallest absolute Gasteiger partial charge is 0.318 e. The number of rotatable bonds is 7. The average molecular weight is 265 g/mol. The van der Waals surface area contributed by atoms with E-state index in [-0.39, 0.29) is 6.42 Å². The summed E-state index contributed by atoms with van der Waals surface area (Å²) in [5.74, 6) is -4.00. The Morgan fingerprint density at radius 2 is 1.53 bits per heavy atom. The molecule has 0 aliphatic heterocycles. The molecule has 0 spiro atoms. The molecular weight excluding hydrogens is 246 g/mol. The van der Waals surface area contributed by atoms with Crippen molar-refractivity contribution in [3.8, 4) is 0 Å². The van der Waals surface area contributed by atoms with Gasteiger partial charge in [0.05, 0.1) is 0 Å². The molecule has 0 aliphatic carbocycles. The fourth-order valence-corrected chi connectivity index (χ4v) is 1.95. The van der Waals surface area contributed by atoms with Crippen molar-refractivity contribution < 1.29 is 19.8 Å². The first kappa shape index (κ1) is 15.0. The van der Waals surface area contributed by atoms with Crippen molar-refractivity contribution in [2.24, 2.45) is 5.92 Å². The number of hydrogen-bond acceptors (Lipinski definition) is 3. The second-order valence-electron chi connectivity index (χ2n) is 4.27. The van der Waals surface area contributed by atoms with Gasteiger partial charge in [-0.25, -0.2) is 0 Å². The van der Waals surface area contributed by atoms with Crippen LogP contribution in [-0.2, 0) is 16.0 Å². The lowest BCUT2D eigenvalue weighted by Gasteiger charge is -2.21. The molecule has 5 heteroatoms. The number of carboxylic acids is 2. The Balaban J connectivity index is 2.81. The molecule has 0 saturated heterocycles. The minimum Gasteiger partial charge on any atom is -0.481 e. The molecule has 0 fully saturated rings. The van der Waals surface area contributed by atoms with Gasteiger partial charge in [-0.2, -0.15) is 0 Å². The van der Waals surface area contributed by atoms with Gasteiger partial charge in [0.2, 0.25) is 0 Å². The minimum atomic E-state index is -1.39. The Labute approximate surface area is 112 Å². The SMILES string of the molecule is CCN(CC)c1ccc(CC(C(=O)O)C(=O)O)cc1. The van der Waals surface area contributed by atoms with Gasteiger partial charge in [0, 0.05) is 18.8 Å². The highest BCUT2D eigenvalue weighted by Crippen LogP contribution is 2.17. The summed E-state index contributed by atoms with van der Waals surface area (Å²) in [6.45, 7) is 5.90. The van der Waals surface area contributed by atoms with E-state index in [9.17, 15) is 9.59 Å². The Bertz CT molecular complexity index is 423. The lowest BCUT2D eigenvalue weighted by atomic mass is 9.99. The van der Waals surface area contributed by atoms with Crippen LogP contribution in [0.25, 0.3) is 0 Å². The van der Waals surface area contributed by atoms with Gasteiger partial charge in [-0.1, -0.05) is 12.1 Å². The Kier molecular flexibility index (Phi) is 5.36. The second kappa shape index (κ2) is 6.78. The van der Waals surface area contributed by atoms with Crippen molar-refractivity contribution >= 4 is 17.6 Å². The predicted molar refractivity (Wildman–Crippen MR) is 72.5 cm³/mol. The van der Waals surface area contributed by atoms with Crippen LogP contribution in [0, 0.1) is 5.92 Å². The zero-order valence-electron chi connectivity index (χ0n) is 11.2. The van der Waals surface area contributed by atoms with Crippen LogP contribution < -0.4 is 4.90 Å². The van der Waals surface area contributed by atoms with E-state index in [1.165, 1.54) is 0 Å². The molecule has 1 rings (SSSR count). The van der Waals surface area contributed by atoms with Gasteiger partial charge in [-0.3, -0.25) is 9.59 Å². The predicted octanol–water partition coefficient (Wildman–Crippen LogP) is 1.86. The Morgan fingerprint density at radius 3 is 1.89 bits per heavy atom. The lowest BCUT2D eigenvalue weighted by Crippen LogP contribution is -2.25. The third kappa shape index (κ3) is 3.98. The van der Waals surface area contributed by atoms with E-state index in [1.807, 2.05) is 12.1 Å². The lowest BCUT2D eigenvalue weighted by molar-refractivity contribution is -0.154. The van der Waals surface area contributed by atoms with Crippen LogP contribution in [0.4, 0.5) is 5.69 Å². The molecule has 0 bridgehead atoms. The molecule has 1 aromatic rings. The summed E-state index contributed by atoms with van der Waals surface area (Å²) < 4.78 is 0. The first-order chi connectivity index (χ1) is 8.99. The fourth-order valence-electron chi connectivity index (χ4n) is 1.95. The summed E-state index contributed by atoms with van der Waals surface area (Å²) >= 11 is 0. The summed E-state index contributed by atoms with van der Waals surface area (Å²) in [7, 11) is 0. The number of hydrogen-bond donors (Lipinski definition) is 2. The quantitative estimate of drug-likeness (QED) is 0.736. The van der Waals surface area contributed by atoms with Gasteiger partial charge in [0.1, 0.15) is 0 Å². The molecule has 1 aromatic carbocycles. The number of carboxylic acid groups (broad SMARTS) is 2. The van der Waals surface area contributed by atoms with Gasteiger partial charge in [0.25, 0.3) is 0 Å². The van der Waals surface area contributed by atoms with Gasteiger partial charge < -0.3 is 15.1 Å². The van der Waals surface area contributed by atoms with E-state index in [2.05, 4.69) is 18.7 Å². The maximum Gasteiger partial charge on any atom is 0.318 e. The van der Waals surface area contributed by atoms with Gasteiger partial charge in [-0.05, 0) is 38.0 Å². The van der Waals surface area contributed by atoms with Gasteiger partial charge in [0.15, 0.2) is 5.92 Å². The Hall–Kier alpha value is -2.04. The first-order valence-electron chi connectivity index (χ1n) is 6.29. The maximum atomic E-state index is 10.8. The number of carbonyl (C=O) groups is 2. The average Bonchev–Trinajstić information content (AvgIpc) is 2.38. The molecule has 0 atom stereocenters. The zero-order chi connectivity index (χ0) is 14.4. The van der Waals surface area contributed by atoms with Crippen molar-refractivity contribution in [3.63, 3.8) is 0 Å². The van der Waals surface area contributed by atoms with E-state index in [4.69, 9.17) is 10.2 Å². The van der Waals surface area contributed by atoms with E-state index in [0.29, 0.717) is 5.56 Å². The molecule has 0 aromatic heterocycles. The molecule has 5 nitrogen and oxygen atoms in total. The number of nitrogens with zero attached hydrogens (tertiary/aromatic N) is 1. The molecule has 0 unspecified atom stereocenters. The van der Waals surface area contributed by atoms with Crippen LogP contribution in [0.1, 0.15) is 19.4 Å². The molecule has 0 saturated carbocycles. The highest BCUT2D eigenvalue weighted by atomic mass is 16.4. The third-order valence-corrected chi connectivity index (χ3v) is 3.10. The van der Waals surface area contributed by atoms with Crippen molar-refractivity contribution in [3.05, 3.63) is 29.8 Å². The van der Waals surface area contributed by atoms with Crippen LogP contribution >= 0.6 is 0 Å². The second-order valence-corrected chi connectivity index (χ2v) is 4.27. The van der Waals surface area contributed by atoms with Crippen LogP contribution in [0.3, 0.4) is 0 Å². The topological polar surface area (TPSA) is 77.8 Å². The monoisotopic (exact) mass is 265 g/mol. The normalized spacial score (nSPS) is 10.5. The maximum absolute atomic E-state index is 10.8. The summed E-state index contributed by atoms with van der Waals surface area (Å²) in [5.41, 5.74) is 1.77. The molecule has 0 radical (unpaired) electrons. The summed E-state index contributed by atoms with van der Waals surface area (Å²) in [6.07, 6.45) is 0.00317. The van der Waals surface area contributed by atoms with E-state index >= 15 is 0 Å². The van der Waals surface area contributed by atoms with E-state index in [1.54, 1.807) is 12.1 Å². The van der Waals surface area contributed by atoms with Gasteiger partial charge in [-0.15, -0.1) is 0 Å². The molecular formula is C14H19NO4. The molecule has 0 amide bonds. The molecule has 0 heterocycles. The van der Waals surface area contributed by atoms with Gasteiger partial charge >= 0.3 is 11.9 Å². The van der Waals surface area contributed by atoms with Crippen molar-refractivity contribution in [1.29, 1.82) is 0 Å². The summed E-state index contributed by atoms with van der Waals surface area (Å²) in [5, 5.41) is 17.7. The number of benzene rings is 1. The first-order valence-corrected chi connectivity index (χ1v) is 6.29. The van der Waals surface area contributed by atoms with Crippen molar-refractivity contribution in [1.82, 2.24) is 0 Å². The molecule has 19 heavy (non-hydrogen) atoms. The molecule has 104 valence electrons. The highest BCUT2D eigenvalue weighted by Gasteiger charge is 2.25. The standard InChI is InChI=1S/C14H19NO4/c1-3-15(4-2)11-7-5-10(6-8-11)9-12(13(16)17)14(18)19/h5-8,12H,3-4,9H2,1-2H3,(H,16,17)(H,18,19). The Morgan fingerprint density at radius 1 is 1.05 bits per heavy atom. The van der Waals surface area contributed by atoms with E-state index in [0.717, 1.165) is 18.8 Å². The van der Waals surface area contributed by atoms with Crippen molar-refractivity contribution in [2.45, 2.75) is 20.3 Å². The fraction of sp³-hybridized carbons (Fsp3) is 0.429. The largest absolute Gasteiger partial charge is 0.481 e. The highest BCUT2D eigenvalue weighted by molar-refractivity contribution is 5.93.